The first-order valence-corrected chi connectivity index (χ1v) is 7.23. The van der Waals surface area contributed by atoms with Crippen molar-refractivity contribution >= 4 is 5.69 Å². The number of aliphatic hydroxyl groups is 1. The highest BCUT2D eigenvalue weighted by atomic mass is 16.5. The Balaban J connectivity index is 2.76. The summed E-state index contributed by atoms with van der Waals surface area (Å²) in [6.07, 6.45) is 0. The summed E-state index contributed by atoms with van der Waals surface area (Å²) in [5.74, 6) is 0. The number of methoxy groups -OCH3 is 1. The standard InChI is InChI=1S/C16H28N2O2/c1-5-18(13-16(2,3)19)15-9-7-6-8-14(15)12-17-10-11-20-4/h6-9,17,19H,5,10-13H2,1-4H3. The maximum atomic E-state index is 10.0. The summed E-state index contributed by atoms with van der Waals surface area (Å²) in [4.78, 5) is 2.22. The molecule has 0 radical (unpaired) electrons. The van der Waals surface area contributed by atoms with Crippen LogP contribution < -0.4 is 10.2 Å². The van der Waals surface area contributed by atoms with Gasteiger partial charge in [-0.1, -0.05) is 18.2 Å². The molecule has 0 saturated heterocycles. The fraction of sp³-hybridized carbons (Fsp3) is 0.625. The molecule has 0 saturated carbocycles. The van der Waals surface area contributed by atoms with Crippen LogP contribution in [0.5, 0.6) is 0 Å². The molecule has 0 amide bonds. The van der Waals surface area contributed by atoms with Gasteiger partial charge >= 0.3 is 0 Å². The third-order valence-corrected chi connectivity index (χ3v) is 3.09. The van der Waals surface area contributed by atoms with E-state index in [0.717, 1.165) is 19.6 Å². The molecule has 0 atom stereocenters. The minimum Gasteiger partial charge on any atom is -0.389 e. The molecule has 1 aromatic carbocycles. The van der Waals surface area contributed by atoms with Crippen molar-refractivity contribution in [2.75, 3.05) is 38.3 Å². The summed E-state index contributed by atoms with van der Waals surface area (Å²) < 4.78 is 5.04. The zero-order valence-electron chi connectivity index (χ0n) is 13.1. The van der Waals surface area contributed by atoms with Gasteiger partial charge in [0.1, 0.15) is 0 Å². The average Bonchev–Trinajstić information content (AvgIpc) is 2.40. The van der Waals surface area contributed by atoms with Crippen LogP contribution in [0.15, 0.2) is 24.3 Å². The number of nitrogens with one attached hydrogen (secondary N) is 1. The summed E-state index contributed by atoms with van der Waals surface area (Å²) in [6.45, 7) is 9.65. The van der Waals surface area contributed by atoms with Crippen molar-refractivity contribution in [3.63, 3.8) is 0 Å². The number of rotatable bonds is 9. The Hall–Kier alpha value is -1.10. The fourth-order valence-electron chi connectivity index (χ4n) is 2.20. The van der Waals surface area contributed by atoms with Crippen LogP contribution in [-0.4, -0.2) is 44.1 Å². The van der Waals surface area contributed by atoms with Crippen LogP contribution in [0.4, 0.5) is 5.69 Å². The largest absolute Gasteiger partial charge is 0.389 e. The molecule has 0 heterocycles. The molecule has 0 fully saturated rings. The first-order valence-electron chi connectivity index (χ1n) is 7.23. The molecule has 0 aliphatic rings. The topological polar surface area (TPSA) is 44.7 Å². The molecule has 4 heteroatoms. The molecule has 0 unspecified atom stereocenters. The number of ether oxygens (including phenoxy) is 1. The van der Waals surface area contributed by atoms with Crippen LogP contribution in [0.2, 0.25) is 0 Å². The lowest BCUT2D eigenvalue weighted by atomic mass is 10.1. The highest BCUT2D eigenvalue weighted by molar-refractivity contribution is 5.53. The monoisotopic (exact) mass is 280 g/mol. The van der Waals surface area contributed by atoms with E-state index in [1.807, 2.05) is 19.9 Å². The van der Waals surface area contributed by atoms with Crippen LogP contribution >= 0.6 is 0 Å². The average molecular weight is 280 g/mol. The number of likely N-dealkylation sites (N-methyl/N-ethyl adjacent to an activating group) is 1. The molecule has 1 aromatic rings. The minimum atomic E-state index is -0.702. The van der Waals surface area contributed by atoms with E-state index in [1.54, 1.807) is 7.11 Å². The lowest BCUT2D eigenvalue weighted by Gasteiger charge is -2.31. The Morgan fingerprint density at radius 1 is 1.30 bits per heavy atom. The molecule has 20 heavy (non-hydrogen) atoms. The number of nitrogens with zero attached hydrogens (tertiary/aromatic N) is 1. The lowest BCUT2D eigenvalue weighted by molar-refractivity contribution is 0.0875. The van der Waals surface area contributed by atoms with Gasteiger partial charge in [-0.05, 0) is 32.4 Å². The lowest BCUT2D eigenvalue weighted by Crippen LogP contribution is -2.39. The van der Waals surface area contributed by atoms with E-state index >= 15 is 0 Å². The molecule has 0 aliphatic heterocycles. The number of benzene rings is 1. The molecule has 2 N–H and O–H groups in total. The highest BCUT2D eigenvalue weighted by Gasteiger charge is 2.19. The smallest absolute Gasteiger partial charge is 0.0765 e. The molecule has 0 aliphatic carbocycles. The first-order chi connectivity index (χ1) is 9.48. The molecule has 0 aromatic heterocycles. The number of para-hydroxylation sites is 1. The van der Waals surface area contributed by atoms with Crippen molar-refractivity contribution in [2.45, 2.75) is 32.9 Å². The summed E-state index contributed by atoms with van der Waals surface area (Å²) in [6, 6.07) is 8.33. The Kier molecular flexibility index (Phi) is 6.99. The van der Waals surface area contributed by atoms with Gasteiger partial charge in [0.25, 0.3) is 0 Å². The molecule has 1 rings (SSSR count). The van der Waals surface area contributed by atoms with E-state index in [4.69, 9.17) is 4.74 Å². The molecular weight excluding hydrogens is 252 g/mol. The fourth-order valence-corrected chi connectivity index (χ4v) is 2.20. The van der Waals surface area contributed by atoms with Gasteiger partial charge in [-0.25, -0.2) is 0 Å². The SMILES string of the molecule is CCN(CC(C)(C)O)c1ccccc1CNCCOC. The van der Waals surface area contributed by atoms with Gasteiger partial charge in [-0.15, -0.1) is 0 Å². The second-order valence-corrected chi connectivity index (χ2v) is 5.62. The van der Waals surface area contributed by atoms with E-state index < -0.39 is 5.60 Å². The molecule has 4 nitrogen and oxygen atoms in total. The normalized spacial score (nSPS) is 11.7. The van der Waals surface area contributed by atoms with Crippen LogP contribution in [0, 0.1) is 0 Å². The number of hydrogen-bond donors (Lipinski definition) is 2. The zero-order chi connectivity index (χ0) is 15.0. The van der Waals surface area contributed by atoms with Crippen LogP contribution in [0.25, 0.3) is 0 Å². The third-order valence-electron chi connectivity index (χ3n) is 3.09. The number of hydrogen-bond acceptors (Lipinski definition) is 4. The van der Waals surface area contributed by atoms with Crippen LogP contribution in [0.3, 0.4) is 0 Å². The Morgan fingerprint density at radius 3 is 2.60 bits per heavy atom. The second kappa shape index (κ2) is 8.25. The minimum absolute atomic E-state index is 0.624. The van der Waals surface area contributed by atoms with Gasteiger partial charge < -0.3 is 20.1 Å². The van der Waals surface area contributed by atoms with Crippen molar-refractivity contribution in [1.29, 1.82) is 0 Å². The maximum absolute atomic E-state index is 10.0. The van der Waals surface area contributed by atoms with Crippen molar-refractivity contribution < 1.29 is 9.84 Å². The quantitative estimate of drug-likeness (QED) is 0.679. The van der Waals surface area contributed by atoms with Crippen molar-refractivity contribution in [2.24, 2.45) is 0 Å². The second-order valence-electron chi connectivity index (χ2n) is 5.62. The van der Waals surface area contributed by atoms with Gasteiger partial charge in [-0.2, -0.15) is 0 Å². The van der Waals surface area contributed by atoms with Gasteiger partial charge in [-0.3, -0.25) is 0 Å². The Morgan fingerprint density at radius 2 is 2.00 bits per heavy atom. The van der Waals surface area contributed by atoms with E-state index in [0.29, 0.717) is 13.2 Å². The van der Waals surface area contributed by atoms with Crippen molar-refractivity contribution in [1.82, 2.24) is 5.32 Å². The highest BCUT2D eigenvalue weighted by Crippen LogP contribution is 2.22. The summed E-state index contributed by atoms with van der Waals surface area (Å²) in [7, 11) is 1.71. The molecule has 0 spiro atoms. The summed E-state index contributed by atoms with van der Waals surface area (Å²) >= 11 is 0. The molecular formula is C16H28N2O2. The molecule has 0 bridgehead atoms. The predicted octanol–water partition coefficient (Wildman–Crippen LogP) is 2.02. The third kappa shape index (κ3) is 5.90. The van der Waals surface area contributed by atoms with E-state index in [2.05, 4.69) is 35.3 Å². The predicted molar refractivity (Wildman–Crippen MR) is 84.2 cm³/mol. The van der Waals surface area contributed by atoms with Gasteiger partial charge in [0, 0.05) is 39.0 Å². The number of anilines is 1. The first kappa shape index (κ1) is 17.0. The van der Waals surface area contributed by atoms with Crippen LogP contribution in [0.1, 0.15) is 26.3 Å². The molecule has 114 valence electrons. The van der Waals surface area contributed by atoms with Gasteiger partial charge in [0.15, 0.2) is 0 Å². The summed E-state index contributed by atoms with van der Waals surface area (Å²) in [5, 5.41) is 13.4. The Bertz CT molecular complexity index is 388. The van der Waals surface area contributed by atoms with E-state index in [9.17, 15) is 5.11 Å². The van der Waals surface area contributed by atoms with Gasteiger partial charge in [0.2, 0.25) is 0 Å². The van der Waals surface area contributed by atoms with Gasteiger partial charge in [0.05, 0.1) is 12.2 Å². The van der Waals surface area contributed by atoms with E-state index in [-0.39, 0.29) is 0 Å². The Labute approximate surface area is 122 Å². The summed E-state index contributed by atoms with van der Waals surface area (Å²) in [5.41, 5.74) is 1.73. The van der Waals surface area contributed by atoms with Crippen molar-refractivity contribution in [3.05, 3.63) is 29.8 Å². The van der Waals surface area contributed by atoms with E-state index in [1.165, 1.54) is 11.3 Å². The van der Waals surface area contributed by atoms with Crippen LogP contribution in [-0.2, 0) is 11.3 Å². The zero-order valence-corrected chi connectivity index (χ0v) is 13.1. The van der Waals surface area contributed by atoms with Crippen molar-refractivity contribution in [3.8, 4) is 0 Å². The maximum Gasteiger partial charge on any atom is 0.0765 e.